The fraction of sp³-hybridized carbons (Fsp3) is 0.800. The van der Waals surface area contributed by atoms with Crippen LogP contribution in [0.2, 0.25) is 0 Å². The number of nitrogens with one attached hydrogen (secondary N) is 1. The van der Waals surface area contributed by atoms with Gasteiger partial charge in [0, 0.05) is 36.7 Å². The van der Waals surface area contributed by atoms with Crippen LogP contribution in [0, 0.1) is 0 Å². The maximum Gasteiger partial charge on any atom is 0.114 e. The van der Waals surface area contributed by atoms with Crippen LogP contribution < -0.4 is 5.32 Å². The lowest BCUT2D eigenvalue weighted by atomic mass is 9.95. The molecule has 1 N–H and O–H groups in total. The van der Waals surface area contributed by atoms with Crippen molar-refractivity contribution >= 4 is 0 Å². The third-order valence-electron chi connectivity index (χ3n) is 4.28. The molecule has 0 unspecified atom stereocenters. The van der Waals surface area contributed by atoms with Gasteiger partial charge in [-0.3, -0.25) is 0 Å². The summed E-state index contributed by atoms with van der Waals surface area (Å²) in [5.74, 6) is 1.31. The molecule has 18 heavy (non-hydrogen) atoms. The average Bonchev–Trinajstić information content (AvgIpc) is 2.94. The molecule has 2 heterocycles. The summed E-state index contributed by atoms with van der Waals surface area (Å²) in [6.07, 6.45) is 6.62. The van der Waals surface area contributed by atoms with Gasteiger partial charge in [-0.1, -0.05) is 33.6 Å². The minimum atomic E-state index is 0.153. The van der Waals surface area contributed by atoms with E-state index in [0.717, 1.165) is 19.5 Å². The zero-order valence-electron chi connectivity index (χ0n) is 11.9. The van der Waals surface area contributed by atoms with Gasteiger partial charge in [-0.05, 0) is 12.8 Å². The maximum atomic E-state index is 4.97. The van der Waals surface area contributed by atoms with E-state index in [4.69, 9.17) is 4.98 Å². The number of hydrogen-bond acceptors (Lipinski definition) is 2. The molecule has 3 nitrogen and oxygen atoms in total. The summed E-state index contributed by atoms with van der Waals surface area (Å²) >= 11 is 0. The quantitative estimate of drug-likeness (QED) is 0.827. The third-order valence-corrected chi connectivity index (χ3v) is 4.28. The normalized spacial score (nSPS) is 21.3. The predicted octanol–water partition coefficient (Wildman–Crippen LogP) is 2.94. The smallest absolute Gasteiger partial charge is 0.114 e. The highest BCUT2D eigenvalue weighted by molar-refractivity contribution is 5.24. The van der Waals surface area contributed by atoms with Crippen molar-refractivity contribution in [1.82, 2.24) is 14.9 Å². The Morgan fingerprint density at radius 3 is 2.61 bits per heavy atom. The molecule has 3 rings (SSSR count). The summed E-state index contributed by atoms with van der Waals surface area (Å²) in [7, 11) is 0. The molecule has 1 aromatic rings. The van der Waals surface area contributed by atoms with Crippen LogP contribution >= 0.6 is 0 Å². The third kappa shape index (κ3) is 1.99. The predicted molar refractivity (Wildman–Crippen MR) is 73.8 cm³/mol. The number of rotatable bonds is 1. The van der Waals surface area contributed by atoms with Gasteiger partial charge in [0.15, 0.2) is 0 Å². The molecule has 0 bridgehead atoms. The maximum absolute atomic E-state index is 4.97. The van der Waals surface area contributed by atoms with E-state index in [1.54, 1.807) is 0 Å². The molecule has 0 amide bonds. The van der Waals surface area contributed by atoms with Gasteiger partial charge in [0.2, 0.25) is 0 Å². The first-order valence-corrected chi connectivity index (χ1v) is 7.38. The second-order valence-corrected chi connectivity index (χ2v) is 6.81. The van der Waals surface area contributed by atoms with Gasteiger partial charge < -0.3 is 9.88 Å². The van der Waals surface area contributed by atoms with Crippen molar-refractivity contribution in [2.75, 3.05) is 6.54 Å². The molecule has 0 saturated heterocycles. The summed E-state index contributed by atoms with van der Waals surface area (Å²) < 4.78 is 2.61. The molecule has 2 aliphatic rings. The minimum Gasteiger partial charge on any atom is -0.328 e. The lowest BCUT2D eigenvalue weighted by Gasteiger charge is -2.26. The molecule has 100 valence electrons. The monoisotopic (exact) mass is 247 g/mol. The zero-order chi connectivity index (χ0) is 12.8. The molecule has 1 aliphatic heterocycles. The molecule has 0 spiro atoms. The van der Waals surface area contributed by atoms with Crippen LogP contribution in [0.4, 0.5) is 0 Å². The minimum absolute atomic E-state index is 0.153. The van der Waals surface area contributed by atoms with Gasteiger partial charge in [0.25, 0.3) is 0 Å². The van der Waals surface area contributed by atoms with E-state index in [1.807, 2.05) is 0 Å². The number of fused-ring (bicyclic) bond motifs is 1. The highest BCUT2D eigenvalue weighted by Crippen LogP contribution is 2.36. The SMILES string of the molecule is CC(C)(C)c1nc2c(n1C1CCCC1)CCNC2. The van der Waals surface area contributed by atoms with E-state index in [2.05, 4.69) is 30.7 Å². The number of aromatic nitrogens is 2. The number of nitrogens with zero attached hydrogens (tertiary/aromatic N) is 2. The molecular weight excluding hydrogens is 222 g/mol. The summed E-state index contributed by atoms with van der Waals surface area (Å²) in [6, 6.07) is 0.716. The Balaban J connectivity index is 2.09. The van der Waals surface area contributed by atoms with Crippen LogP contribution in [0.1, 0.15) is 69.7 Å². The van der Waals surface area contributed by atoms with E-state index in [0.29, 0.717) is 6.04 Å². The lowest BCUT2D eigenvalue weighted by Crippen LogP contribution is -2.26. The van der Waals surface area contributed by atoms with Crippen molar-refractivity contribution in [3.8, 4) is 0 Å². The van der Waals surface area contributed by atoms with Crippen LogP contribution in [0.3, 0.4) is 0 Å². The Morgan fingerprint density at radius 2 is 1.94 bits per heavy atom. The van der Waals surface area contributed by atoms with Crippen molar-refractivity contribution in [2.24, 2.45) is 0 Å². The Labute approximate surface area is 110 Å². The van der Waals surface area contributed by atoms with E-state index < -0.39 is 0 Å². The van der Waals surface area contributed by atoms with E-state index in [1.165, 1.54) is 42.9 Å². The Bertz CT molecular complexity index is 433. The average molecular weight is 247 g/mol. The topological polar surface area (TPSA) is 29.9 Å². The number of hydrogen-bond donors (Lipinski definition) is 1. The van der Waals surface area contributed by atoms with E-state index in [-0.39, 0.29) is 5.41 Å². The van der Waals surface area contributed by atoms with Crippen LogP contribution in [-0.2, 0) is 18.4 Å². The molecule has 1 aromatic heterocycles. The number of imidazole rings is 1. The van der Waals surface area contributed by atoms with Gasteiger partial charge in [-0.25, -0.2) is 4.98 Å². The van der Waals surface area contributed by atoms with Gasteiger partial charge in [0.05, 0.1) is 5.69 Å². The van der Waals surface area contributed by atoms with Crippen LogP contribution in [-0.4, -0.2) is 16.1 Å². The first kappa shape index (κ1) is 12.2. The second kappa shape index (κ2) is 4.37. The van der Waals surface area contributed by atoms with Crippen molar-refractivity contribution in [3.63, 3.8) is 0 Å². The van der Waals surface area contributed by atoms with Crippen molar-refractivity contribution in [2.45, 2.75) is 70.9 Å². The van der Waals surface area contributed by atoms with Crippen molar-refractivity contribution < 1.29 is 0 Å². The standard InChI is InChI=1S/C15H25N3/c1-15(2,3)14-17-12-10-16-9-8-13(12)18(14)11-6-4-5-7-11/h11,16H,4-10H2,1-3H3. The van der Waals surface area contributed by atoms with Crippen LogP contribution in [0.5, 0.6) is 0 Å². The Hall–Kier alpha value is -0.830. The molecule has 3 heteroatoms. The van der Waals surface area contributed by atoms with Gasteiger partial charge in [0.1, 0.15) is 5.82 Å². The molecular formula is C15H25N3. The molecule has 1 fully saturated rings. The molecule has 1 saturated carbocycles. The summed E-state index contributed by atoms with van der Waals surface area (Å²) in [4.78, 5) is 4.97. The highest BCUT2D eigenvalue weighted by atomic mass is 15.2. The fourth-order valence-electron chi connectivity index (χ4n) is 3.42. The largest absolute Gasteiger partial charge is 0.328 e. The first-order chi connectivity index (χ1) is 8.57. The molecule has 0 atom stereocenters. The lowest BCUT2D eigenvalue weighted by molar-refractivity contribution is 0.424. The van der Waals surface area contributed by atoms with Gasteiger partial charge in [-0.2, -0.15) is 0 Å². The van der Waals surface area contributed by atoms with Crippen molar-refractivity contribution in [3.05, 3.63) is 17.2 Å². The van der Waals surface area contributed by atoms with E-state index >= 15 is 0 Å². The van der Waals surface area contributed by atoms with Gasteiger partial charge >= 0.3 is 0 Å². The zero-order valence-corrected chi connectivity index (χ0v) is 11.9. The van der Waals surface area contributed by atoms with E-state index in [9.17, 15) is 0 Å². The van der Waals surface area contributed by atoms with Crippen LogP contribution in [0.25, 0.3) is 0 Å². The molecule has 1 aliphatic carbocycles. The highest BCUT2D eigenvalue weighted by Gasteiger charge is 2.31. The van der Waals surface area contributed by atoms with Crippen LogP contribution in [0.15, 0.2) is 0 Å². The Morgan fingerprint density at radius 1 is 1.22 bits per heavy atom. The Kier molecular flexibility index (Phi) is 2.97. The van der Waals surface area contributed by atoms with Crippen molar-refractivity contribution in [1.29, 1.82) is 0 Å². The summed E-state index contributed by atoms with van der Waals surface area (Å²) in [5, 5.41) is 3.45. The van der Waals surface area contributed by atoms with Gasteiger partial charge in [-0.15, -0.1) is 0 Å². The summed E-state index contributed by atoms with van der Waals surface area (Å²) in [6.45, 7) is 8.94. The molecule has 0 aromatic carbocycles. The second-order valence-electron chi connectivity index (χ2n) is 6.81. The first-order valence-electron chi connectivity index (χ1n) is 7.38. The fourth-order valence-corrected chi connectivity index (χ4v) is 3.42. The molecule has 0 radical (unpaired) electrons. The summed E-state index contributed by atoms with van der Waals surface area (Å²) in [5.41, 5.74) is 2.98.